The minimum atomic E-state index is 0.0413. The Morgan fingerprint density at radius 2 is 1.62 bits per heavy atom. The summed E-state index contributed by atoms with van der Waals surface area (Å²) in [6, 6.07) is 20.2. The number of nitrogens with one attached hydrogen (secondary N) is 2. The van der Waals surface area contributed by atoms with E-state index in [0.717, 1.165) is 5.69 Å². The largest absolute Gasteiger partial charge is 0.376 e. The molecular formula is C18H20N2O. The Bertz CT molecular complexity index is 579. The summed E-state index contributed by atoms with van der Waals surface area (Å²) < 4.78 is 0. The van der Waals surface area contributed by atoms with Crippen LogP contribution in [-0.2, 0) is 4.79 Å². The maximum Gasteiger partial charge on any atom is 0.239 e. The predicted molar refractivity (Wildman–Crippen MR) is 85.0 cm³/mol. The molecule has 0 spiro atoms. The molecule has 0 radical (unpaired) electrons. The van der Waals surface area contributed by atoms with Crippen molar-refractivity contribution in [2.75, 3.05) is 11.9 Å². The van der Waals surface area contributed by atoms with E-state index in [0.29, 0.717) is 12.5 Å². The molecule has 1 atom stereocenters. The minimum Gasteiger partial charge on any atom is -0.376 e. The van der Waals surface area contributed by atoms with Crippen molar-refractivity contribution in [1.29, 1.82) is 0 Å². The van der Waals surface area contributed by atoms with Gasteiger partial charge in [0.2, 0.25) is 5.91 Å². The molecule has 1 fully saturated rings. The molecule has 0 bridgehead atoms. The van der Waals surface area contributed by atoms with Crippen LogP contribution in [0, 0.1) is 5.92 Å². The molecule has 0 heterocycles. The normalized spacial score (nSPS) is 15.2. The molecule has 0 aliphatic heterocycles. The van der Waals surface area contributed by atoms with E-state index in [-0.39, 0.29) is 11.9 Å². The van der Waals surface area contributed by atoms with Crippen molar-refractivity contribution in [2.45, 2.75) is 18.9 Å². The van der Waals surface area contributed by atoms with Gasteiger partial charge in [-0.1, -0.05) is 48.5 Å². The van der Waals surface area contributed by atoms with Gasteiger partial charge in [0.1, 0.15) is 0 Å². The highest BCUT2D eigenvalue weighted by molar-refractivity contribution is 5.81. The van der Waals surface area contributed by atoms with Gasteiger partial charge in [0.15, 0.2) is 0 Å². The van der Waals surface area contributed by atoms with E-state index in [1.807, 2.05) is 48.5 Å². The highest BCUT2D eigenvalue weighted by atomic mass is 16.2. The zero-order valence-electron chi connectivity index (χ0n) is 12.0. The number of benzene rings is 2. The van der Waals surface area contributed by atoms with Crippen molar-refractivity contribution in [3.8, 4) is 0 Å². The molecule has 1 amide bonds. The van der Waals surface area contributed by atoms with Crippen LogP contribution in [0.1, 0.15) is 24.4 Å². The summed E-state index contributed by atoms with van der Waals surface area (Å²) in [7, 11) is 0. The fourth-order valence-electron chi connectivity index (χ4n) is 2.53. The van der Waals surface area contributed by atoms with Crippen molar-refractivity contribution >= 4 is 11.6 Å². The zero-order chi connectivity index (χ0) is 14.5. The van der Waals surface area contributed by atoms with Crippen LogP contribution in [0.2, 0.25) is 0 Å². The molecule has 21 heavy (non-hydrogen) atoms. The van der Waals surface area contributed by atoms with Gasteiger partial charge in [-0.05, 0) is 36.5 Å². The van der Waals surface area contributed by atoms with E-state index < -0.39 is 0 Å². The lowest BCUT2D eigenvalue weighted by Crippen LogP contribution is -2.34. The van der Waals surface area contributed by atoms with Crippen molar-refractivity contribution in [3.05, 3.63) is 66.2 Å². The number of para-hydroxylation sites is 1. The number of hydrogen-bond acceptors (Lipinski definition) is 2. The van der Waals surface area contributed by atoms with E-state index in [1.165, 1.54) is 18.4 Å². The first-order valence-corrected chi connectivity index (χ1v) is 7.46. The van der Waals surface area contributed by atoms with Crippen LogP contribution in [0.4, 0.5) is 5.69 Å². The van der Waals surface area contributed by atoms with Gasteiger partial charge < -0.3 is 10.6 Å². The van der Waals surface area contributed by atoms with Gasteiger partial charge in [-0.15, -0.1) is 0 Å². The highest BCUT2D eigenvalue weighted by Gasteiger charge is 2.33. The van der Waals surface area contributed by atoms with Crippen molar-refractivity contribution in [2.24, 2.45) is 5.92 Å². The molecule has 108 valence electrons. The number of amides is 1. The van der Waals surface area contributed by atoms with Gasteiger partial charge >= 0.3 is 0 Å². The smallest absolute Gasteiger partial charge is 0.239 e. The molecule has 1 unspecified atom stereocenters. The molecule has 3 rings (SSSR count). The fraction of sp³-hybridized carbons (Fsp3) is 0.278. The molecule has 1 aliphatic rings. The molecule has 1 aliphatic carbocycles. The molecule has 2 aromatic carbocycles. The Kier molecular flexibility index (Phi) is 4.20. The molecule has 1 saturated carbocycles. The quantitative estimate of drug-likeness (QED) is 0.852. The second-order valence-corrected chi connectivity index (χ2v) is 5.51. The number of carbonyl (C=O) groups is 1. The average molecular weight is 280 g/mol. The molecule has 3 nitrogen and oxygen atoms in total. The fourth-order valence-corrected chi connectivity index (χ4v) is 2.53. The maximum absolute atomic E-state index is 12.2. The summed E-state index contributed by atoms with van der Waals surface area (Å²) in [4.78, 5) is 12.2. The Morgan fingerprint density at radius 1 is 1.00 bits per heavy atom. The van der Waals surface area contributed by atoms with Gasteiger partial charge in [-0.25, -0.2) is 0 Å². The van der Waals surface area contributed by atoms with Crippen LogP contribution in [0.25, 0.3) is 0 Å². The summed E-state index contributed by atoms with van der Waals surface area (Å²) in [5, 5.41) is 6.31. The first-order valence-electron chi connectivity index (χ1n) is 7.46. The van der Waals surface area contributed by atoms with E-state index in [1.54, 1.807) is 0 Å². The molecule has 2 N–H and O–H groups in total. The standard InChI is InChI=1S/C18H20N2O/c21-17(13-19-16-9-5-2-6-10-16)20-18(15-11-12-15)14-7-3-1-4-8-14/h1-10,15,18-19H,11-13H2,(H,20,21). The number of anilines is 1. The van der Waals surface area contributed by atoms with Gasteiger partial charge in [0.05, 0.1) is 12.6 Å². The summed E-state index contributed by atoms with van der Waals surface area (Å²) in [6.45, 7) is 0.306. The first-order chi connectivity index (χ1) is 10.3. The van der Waals surface area contributed by atoms with Crippen LogP contribution < -0.4 is 10.6 Å². The second-order valence-electron chi connectivity index (χ2n) is 5.51. The SMILES string of the molecule is O=C(CNc1ccccc1)NC(c1ccccc1)C1CC1. The minimum absolute atomic E-state index is 0.0413. The Hall–Kier alpha value is -2.29. The van der Waals surface area contributed by atoms with E-state index in [9.17, 15) is 4.79 Å². The van der Waals surface area contributed by atoms with Gasteiger partial charge in [0, 0.05) is 5.69 Å². The predicted octanol–water partition coefficient (Wildman–Crippen LogP) is 3.37. The first kappa shape index (κ1) is 13.7. The number of hydrogen-bond donors (Lipinski definition) is 2. The van der Waals surface area contributed by atoms with Gasteiger partial charge in [-0.2, -0.15) is 0 Å². The summed E-state index contributed by atoms with van der Waals surface area (Å²) in [5.41, 5.74) is 2.17. The Morgan fingerprint density at radius 3 is 2.24 bits per heavy atom. The van der Waals surface area contributed by atoms with E-state index in [2.05, 4.69) is 22.8 Å². The zero-order valence-corrected chi connectivity index (χ0v) is 12.0. The lowest BCUT2D eigenvalue weighted by molar-refractivity contribution is -0.120. The average Bonchev–Trinajstić information content (AvgIpc) is 3.37. The van der Waals surface area contributed by atoms with Crippen LogP contribution in [-0.4, -0.2) is 12.5 Å². The number of rotatable bonds is 6. The van der Waals surface area contributed by atoms with E-state index >= 15 is 0 Å². The molecule has 3 heteroatoms. The third kappa shape index (κ3) is 3.85. The molecule has 0 saturated heterocycles. The monoisotopic (exact) mass is 280 g/mol. The van der Waals surface area contributed by atoms with Crippen LogP contribution in [0.15, 0.2) is 60.7 Å². The number of carbonyl (C=O) groups excluding carboxylic acids is 1. The summed E-state index contributed by atoms with van der Waals surface area (Å²) in [6.07, 6.45) is 2.40. The lowest BCUT2D eigenvalue weighted by atomic mass is 10.0. The maximum atomic E-state index is 12.2. The molecule has 2 aromatic rings. The Balaban J connectivity index is 1.57. The second kappa shape index (κ2) is 6.44. The van der Waals surface area contributed by atoms with Crippen molar-refractivity contribution in [3.63, 3.8) is 0 Å². The van der Waals surface area contributed by atoms with Crippen LogP contribution >= 0.6 is 0 Å². The molecule has 0 aromatic heterocycles. The third-order valence-corrected chi connectivity index (χ3v) is 3.80. The van der Waals surface area contributed by atoms with Crippen LogP contribution in [0.5, 0.6) is 0 Å². The Labute approximate surface area is 125 Å². The summed E-state index contributed by atoms with van der Waals surface area (Å²) in [5.74, 6) is 0.632. The van der Waals surface area contributed by atoms with E-state index in [4.69, 9.17) is 0 Å². The molecular weight excluding hydrogens is 260 g/mol. The highest BCUT2D eigenvalue weighted by Crippen LogP contribution is 2.40. The summed E-state index contributed by atoms with van der Waals surface area (Å²) >= 11 is 0. The van der Waals surface area contributed by atoms with Crippen LogP contribution in [0.3, 0.4) is 0 Å². The van der Waals surface area contributed by atoms with Crippen molar-refractivity contribution < 1.29 is 4.79 Å². The third-order valence-electron chi connectivity index (χ3n) is 3.80. The van der Waals surface area contributed by atoms with Crippen molar-refractivity contribution in [1.82, 2.24) is 5.32 Å². The van der Waals surface area contributed by atoms with Gasteiger partial charge in [0.25, 0.3) is 0 Å². The van der Waals surface area contributed by atoms with Gasteiger partial charge in [-0.3, -0.25) is 4.79 Å². The lowest BCUT2D eigenvalue weighted by Gasteiger charge is -2.19. The topological polar surface area (TPSA) is 41.1 Å².